The summed E-state index contributed by atoms with van der Waals surface area (Å²) in [6.07, 6.45) is 1.68. The zero-order chi connectivity index (χ0) is 25.7. The van der Waals surface area contributed by atoms with Gasteiger partial charge in [0.25, 0.3) is 5.91 Å². The number of nitrogens with zero attached hydrogens (tertiary/aromatic N) is 2. The number of amides is 1. The highest BCUT2D eigenvalue weighted by Gasteiger charge is 2.24. The van der Waals surface area contributed by atoms with Gasteiger partial charge < -0.3 is 21.7 Å². The molecule has 0 aliphatic carbocycles. The van der Waals surface area contributed by atoms with Crippen LogP contribution in [0.4, 0.5) is 31.2 Å². The Balaban J connectivity index is 1.37. The largest absolute Gasteiger partial charge is 0.382 e. The molecule has 0 saturated carbocycles. The predicted molar refractivity (Wildman–Crippen MR) is 136 cm³/mol. The first kappa shape index (κ1) is 24.7. The minimum Gasteiger partial charge on any atom is -0.382 e. The number of benzene rings is 2. The first-order chi connectivity index (χ1) is 17.3. The van der Waals surface area contributed by atoms with Crippen LogP contribution in [0.3, 0.4) is 0 Å². The zero-order valence-electron chi connectivity index (χ0n) is 19.1. The standard InChI is InChI=1S/C25H22F2N6O2S/c1-14(13-30-19-7-2-3-12-29-19)31-24(35)15-8-10-16(11-9-15)32-25-33-23(28)22(36-25)21(34)20-17(26)5-4-6-18(20)27/h2-12,14H,13,28H2,1H3,(H,29,30)(H,31,35)(H,32,33)/t14-/m1/s1. The number of nitrogens with one attached hydrogen (secondary N) is 3. The summed E-state index contributed by atoms with van der Waals surface area (Å²) in [6, 6.07) is 15.2. The number of anilines is 4. The van der Waals surface area contributed by atoms with Gasteiger partial charge in [0.2, 0.25) is 5.78 Å². The molecule has 11 heteroatoms. The third-order valence-corrected chi connectivity index (χ3v) is 6.06. The Hall–Kier alpha value is -4.38. The van der Waals surface area contributed by atoms with Crippen LogP contribution in [0.1, 0.15) is 32.5 Å². The Labute approximate surface area is 209 Å². The molecule has 36 heavy (non-hydrogen) atoms. The second-order valence-electron chi connectivity index (χ2n) is 7.83. The summed E-state index contributed by atoms with van der Waals surface area (Å²) in [4.78, 5) is 33.4. The molecule has 0 unspecified atom stereocenters. The second-order valence-corrected chi connectivity index (χ2v) is 8.83. The van der Waals surface area contributed by atoms with Gasteiger partial charge in [-0.3, -0.25) is 9.59 Å². The summed E-state index contributed by atoms with van der Waals surface area (Å²) in [5.41, 5.74) is 6.19. The SMILES string of the molecule is C[C@H](CNc1ccccn1)NC(=O)c1ccc(Nc2nc(N)c(C(=O)c3c(F)cccc3F)s2)cc1. The number of rotatable bonds is 9. The van der Waals surface area contributed by atoms with Crippen molar-refractivity contribution in [3.05, 3.63) is 94.5 Å². The summed E-state index contributed by atoms with van der Waals surface area (Å²) < 4.78 is 28.0. The fourth-order valence-corrected chi connectivity index (χ4v) is 4.14. The lowest BCUT2D eigenvalue weighted by atomic mass is 10.1. The van der Waals surface area contributed by atoms with Gasteiger partial charge in [-0.25, -0.2) is 18.7 Å². The molecule has 4 aromatic rings. The lowest BCUT2D eigenvalue weighted by Gasteiger charge is -2.15. The number of ketones is 1. The molecule has 4 rings (SSSR count). The number of carbonyl (C=O) groups is 2. The molecule has 0 fully saturated rings. The van der Waals surface area contributed by atoms with Crippen molar-refractivity contribution in [2.24, 2.45) is 0 Å². The van der Waals surface area contributed by atoms with Crippen molar-refractivity contribution >= 4 is 45.5 Å². The van der Waals surface area contributed by atoms with E-state index >= 15 is 0 Å². The molecule has 2 aromatic carbocycles. The highest BCUT2D eigenvalue weighted by molar-refractivity contribution is 7.18. The third-order valence-electron chi connectivity index (χ3n) is 5.08. The minimum atomic E-state index is -0.974. The number of thiazole rings is 1. The number of nitrogen functional groups attached to an aromatic ring is 1. The van der Waals surface area contributed by atoms with E-state index in [2.05, 4.69) is 25.9 Å². The van der Waals surface area contributed by atoms with E-state index in [1.54, 1.807) is 30.5 Å². The van der Waals surface area contributed by atoms with Crippen LogP contribution in [-0.4, -0.2) is 34.2 Å². The second kappa shape index (κ2) is 10.9. The average Bonchev–Trinajstić information content (AvgIpc) is 3.23. The topological polar surface area (TPSA) is 122 Å². The molecule has 184 valence electrons. The Bertz CT molecular complexity index is 1360. The van der Waals surface area contributed by atoms with Crippen LogP contribution >= 0.6 is 11.3 Å². The maximum absolute atomic E-state index is 14.0. The fraction of sp³-hybridized carbons (Fsp3) is 0.120. The number of nitrogens with two attached hydrogens (primary N) is 1. The van der Waals surface area contributed by atoms with Gasteiger partial charge >= 0.3 is 0 Å². The average molecular weight is 509 g/mol. The van der Waals surface area contributed by atoms with Crippen LogP contribution in [0.5, 0.6) is 0 Å². The summed E-state index contributed by atoms with van der Waals surface area (Å²) in [5.74, 6) is -2.49. The molecule has 0 spiro atoms. The van der Waals surface area contributed by atoms with Crippen LogP contribution in [0.25, 0.3) is 0 Å². The lowest BCUT2D eigenvalue weighted by molar-refractivity contribution is 0.0941. The van der Waals surface area contributed by atoms with E-state index in [1.807, 2.05) is 25.1 Å². The van der Waals surface area contributed by atoms with Gasteiger partial charge in [0.1, 0.15) is 28.1 Å². The van der Waals surface area contributed by atoms with E-state index in [0.29, 0.717) is 17.8 Å². The smallest absolute Gasteiger partial charge is 0.251 e. The van der Waals surface area contributed by atoms with E-state index in [9.17, 15) is 18.4 Å². The molecule has 1 amide bonds. The molecule has 1 atom stereocenters. The maximum atomic E-state index is 14.0. The summed E-state index contributed by atoms with van der Waals surface area (Å²) in [7, 11) is 0. The Morgan fingerprint density at radius 1 is 1.03 bits per heavy atom. The van der Waals surface area contributed by atoms with Gasteiger partial charge in [-0.05, 0) is 55.5 Å². The third kappa shape index (κ3) is 5.81. The fourth-order valence-electron chi connectivity index (χ4n) is 3.29. The molecule has 0 radical (unpaired) electrons. The number of halogens is 2. The number of aromatic nitrogens is 2. The Morgan fingerprint density at radius 2 is 1.75 bits per heavy atom. The van der Waals surface area contributed by atoms with Gasteiger partial charge in [-0.15, -0.1) is 0 Å². The number of hydrogen-bond acceptors (Lipinski definition) is 8. The van der Waals surface area contributed by atoms with Crippen LogP contribution in [0.2, 0.25) is 0 Å². The molecule has 0 aliphatic rings. The highest BCUT2D eigenvalue weighted by atomic mass is 32.1. The van der Waals surface area contributed by atoms with Gasteiger partial charge in [-0.1, -0.05) is 23.5 Å². The van der Waals surface area contributed by atoms with Gasteiger partial charge in [0.05, 0.1) is 5.56 Å². The number of carbonyl (C=O) groups excluding carboxylic acids is 2. The number of hydrogen-bond donors (Lipinski definition) is 4. The Kier molecular flexibility index (Phi) is 7.50. The first-order valence-corrected chi connectivity index (χ1v) is 11.7. The van der Waals surface area contributed by atoms with Crippen LogP contribution in [0.15, 0.2) is 66.9 Å². The quantitative estimate of drug-likeness (QED) is 0.244. The molecule has 8 nitrogen and oxygen atoms in total. The van der Waals surface area contributed by atoms with Crippen molar-refractivity contribution in [3.63, 3.8) is 0 Å². The molecule has 0 aliphatic heterocycles. The monoisotopic (exact) mass is 508 g/mol. The molecule has 2 heterocycles. The maximum Gasteiger partial charge on any atom is 0.251 e. The van der Waals surface area contributed by atoms with Crippen LogP contribution < -0.4 is 21.7 Å². The van der Waals surface area contributed by atoms with Gasteiger partial charge in [-0.2, -0.15) is 0 Å². The van der Waals surface area contributed by atoms with Gasteiger partial charge in [0.15, 0.2) is 5.13 Å². The summed E-state index contributed by atoms with van der Waals surface area (Å²) in [5, 5.41) is 9.31. The molecular formula is C25H22F2N6O2S. The predicted octanol–water partition coefficient (Wildman–Crippen LogP) is 4.60. The molecule has 2 aromatic heterocycles. The van der Waals surface area contributed by atoms with Crippen molar-refractivity contribution in [2.45, 2.75) is 13.0 Å². The number of pyridine rings is 1. The molecule has 0 saturated heterocycles. The van der Waals surface area contributed by atoms with Crippen molar-refractivity contribution in [3.8, 4) is 0 Å². The minimum absolute atomic E-state index is 0.0780. The molecular weight excluding hydrogens is 486 g/mol. The lowest BCUT2D eigenvalue weighted by Crippen LogP contribution is -2.37. The summed E-state index contributed by atoms with van der Waals surface area (Å²) in [6.45, 7) is 2.38. The van der Waals surface area contributed by atoms with Crippen molar-refractivity contribution in [1.29, 1.82) is 0 Å². The van der Waals surface area contributed by atoms with E-state index < -0.39 is 23.0 Å². The van der Waals surface area contributed by atoms with Crippen molar-refractivity contribution in [1.82, 2.24) is 15.3 Å². The van der Waals surface area contributed by atoms with Crippen LogP contribution in [0, 0.1) is 11.6 Å². The highest BCUT2D eigenvalue weighted by Crippen LogP contribution is 2.31. The molecule has 5 N–H and O–H groups in total. The van der Waals surface area contributed by atoms with Crippen molar-refractivity contribution < 1.29 is 18.4 Å². The van der Waals surface area contributed by atoms with E-state index in [1.165, 1.54) is 6.07 Å². The van der Waals surface area contributed by atoms with E-state index in [4.69, 9.17) is 5.73 Å². The van der Waals surface area contributed by atoms with E-state index in [-0.39, 0.29) is 27.8 Å². The Morgan fingerprint density at radius 3 is 2.42 bits per heavy atom. The first-order valence-electron chi connectivity index (χ1n) is 10.9. The van der Waals surface area contributed by atoms with Crippen molar-refractivity contribution in [2.75, 3.05) is 22.9 Å². The normalized spacial score (nSPS) is 11.5. The van der Waals surface area contributed by atoms with Crippen LogP contribution in [-0.2, 0) is 0 Å². The summed E-state index contributed by atoms with van der Waals surface area (Å²) >= 11 is 0.876. The zero-order valence-corrected chi connectivity index (χ0v) is 19.9. The molecule has 0 bridgehead atoms. The van der Waals surface area contributed by atoms with E-state index in [0.717, 1.165) is 29.3 Å². The van der Waals surface area contributed by atoms with Gasteiger partial charge in [0, 0.05) is 30.0 Å².